The summed E-state index contributed by atoms with van der Waals surface area (Å²) in [6.07, 6.45) is 0. The molecule has 6 heteroatoms. The van der Waals surface area contributed by atoms with Gasteiger partial charge in [-0.15, -0.1) is 0 Å². The van der Waals surface area contributed by atoms with Crippen molar-refractivity contribution in [3.63, 3.8) is 0 Å². The summed E-state index contributed by atoms with van der Waals surface area (Å²) in [5, 5.41) is 14.7. The molecular weight excluding hydrogens is 236 g/mol. The maximum Gasteiger partial charge on any atom is 0.344 e. The van der Waals surface area contributed by atoms with Gasteiger partial charge >= 0.3 is 5.97 Å². The number of amides is 1. The summed E-state index contributed by atoms with van der Waals surface area (Å²) >= 11 is 0. The van der Waals surface area contributed by atoms with Crippen molar-refractivity contribution in [1.29, 1.82) is 0 Å². The van der Waals surface area contributed by atoms with Gasteiger partial charge in [0.15, 0.2) is 0 Å². The molecule has 0 aliphatic rings. The molecule has 0 spiro atoms. The molecule has 0 aliphatic carbocycles. The first-order chi connectivity index (χ1) is 8.49. The van der Waals surface area contributed by atoms with Crippen molar-refractivity contribution >= 4 is 23.3 Å². The zero-order chi connectivity index (χ0) is 13.5. The molecule has 0 fully saturated rings. The Morgan fingerprint density at radius 3 is 2.39 bits per heavy atom. The third-order valence-electron chi connectivity index (χ3n) is 2.01. The van der Waals surface area contributed by atoms with E-state index >= 15 is 0 Å². The number of benzene rings is 1. The fourth-order valence-corrected chi connectivity index (χ4v) is 1.24. The molecule has 0 radical (unpaired) electrons. The van der Waals surface area contributed by atoms with Gasteiger partial charge in [-0.25, -0.2) is 4.79 Å². The van der Waals surface area contributed by atoms with Crippen molar-refractivity contribution in [3.05, 3.63) is 29.8 Å². The lowest BCUT2D eigenvalue weighted by atomic mass is 10.1. The van der Waals surface area contributed by atoms with E-state index in [2.05, 4.69) is 15.3 Å². The molecule has 96 valence electrons. The van der Waals surface area contributed by atoms with Crippen molar-refractivity contribution in [2.45, 2.75) is 13.8 Å². The zero-order valence-corrected chi connectivity index (χ0v) is 10.1. The summed E-state index contributed by atoms with van der Waals surface area (Å²) in [5.74, 6) is -1.22. The van der Waals surface area contributed by atoms with E-state index < -0.39 is 12.6 Å². The highest BCUT2D eigenvalue weighted by Gasteiger charge is 2.01. The van der Waals surface area contributed by atoms with Crippen LogP contribution in [0.4, 0.5) is 5.69 Å². The second-order valence-corrected chi connectivity index (χ2v) is 3.60. The molecule has 0 heterocycles. The van der Waals surface area contributed by atoms with Crippen molar-refractivity contribution in [1.82, 2.24) is 0 Å². The van der Waals surface area contributed by atoms with E-state index in [1.54, 1.807) is 31.2 Å². The van der Waals surface area contributed by atoms with Gasteiger partial charge in [0.2, 0.25) is 12.5 Å². The number of nitrogens with one attached hydrogen (secondary N) is 1. The molecular formula is C12H14N2O4. The molecule has 0 saturated carbocycles. The number of rotatable bonds is 5. The van der Waals surface area contributed by atoms with E-state index in [0.717, 1.165) is 5.56 Å². The number of anilines is 1. The Balaban J connectivity index is 2.66. The van der Waals surface area contributed by atoms with Gasteiger partial charge in [-0.05, 0) is 24.6 Å². The highest BCUT2D eigenvalue weighted by atomic mass is 16.6. The highest BCUT2D eigenvalue weighted by molar-refractivity contribution is 5.99. The first kappa shape index (κ1) is 13.7. The quantitative estimate of drug-likeness (QED) is 0.611. The Bertz CT molecular complexity index is 465. The summed E-state index contributed by atoms with van der Waals surface area (Å²) in [7, 11) is 0. The van der Waals surface area contributed by atoms with Crippen molar-refractivity contribution < 1.29 is 19.5 Å². The number of carboxylic acids is 1. The molecule has 6 nitrogen and oxygen atoms in total. The predicted molar refractivity (Wildman–Crippen MR) is 66.5 cm³/mol. The van der Waals surface area contributed by atoms with Crippen LogP contribution in [0.2, 0.25) is 0 Å². The molecule has 1 aromatic carbocycles. The van der Waals surface area contributed by atoms with Gasteiger partial charge in [-0.3, -0.25) is 4.79 Å². The number of carboxylic acid groups (broad SMARTS) is 1. The molecule has 18 heavy (non-hydrogen) atoms. The van der Waals surface area contributed by atoms with Gasteiger partial charge in [0, 0.05) is 12.6 Å². The van der Waals surface area contributed by atoms with E-state index in [1.165, 1.54) is 6.92 Å². The Labute approximate surface area is 104 Å². The molecule has 0 aliphatic heterocycles. The topological polar surface area (TPSA) is 88.0 Å². The monoisotopic (exact) mass is 250 g/mol. The van der Waals surface area contributed by atoms with Gasteiger partial charge in [0.1, 0.15) is 0 Å². The number of hydrogen-bond acceptors (Lipinski definition) is 4. The first-order valence-corrected chi connectivity index (χ1v) is 5.25. The summed E-state index contributed by atoms with van der Waals surface area (Å²) in [6, 6.07) is 6.97. The maximum absolute atomic E-state index is 10.8. The second kappa shape index (κ2) is 6.39. The fraction of sp³-hybridized carbons (Fsp3) is 0.250. The van der Waals surface area contributed by atoms with E-state index in [9.17, 15) is 9.59 Å². The van der Waals surface area contributed by atoms with Crippen LogP contribution in [0.3, 0.4) is 0 Å². The van der Waals surface area contributed by atoms with Gasteiger partial charge in [-0.1, -0.05) is 17.3 Å². The summed E-state index contributed by atoms with van der Waals surface area (Å²) < 4.78 is 0. The zero-order valence-electron chi connectivity index (χ0n) is 10.1. The van der Waals surface area contributed by atoms with Gasteiger partial charge in [0.05, 0.1) is 5.71 Å². The minimum atomic E-state index is -1.08. The van der Waals surface area contributed by atoms with E-state index in [4.69, 9.17) is 5.11 Å². The minimum Gasteiger partial charge on any atom is -0.479 e. The number of carbonyl (C=O) groups is 2. The van der Waals surface area contributed by atoms with Crippen LogP contribution in [0.5, 0.6) is 0 Å². The Kier molecular flexibility index (Phi) is 4.86. The summed E-state index contributed by atoms with van der Waals surface area (Å²) in [4.78, 5) is 25.7. The molecule has 0 atom stereocenters. The molecule has 0 unspecified atom stereocenters. The predicted octanol–water partition coefficient (Wildman–Crippen LogP) is 1.47. The third kappa shape index (κ3) is 4.65. The van der Waals surface area contributed by atoms with E-state index in [-0.39, 0.29) is 5.91 Å². The number of carbonyl (C=O) groups excluding carboxylic acids is 1. The highest BCUT2D eigenvalue weighted by Crippen LogP contribution is 2.10. The van der Waals surface area contributed by atoms with Gasteiger partial charge in [-0.2, -0.15) is 0 Å². The van der Waals surface area contributed by atoms with Crippen molar-refractivity contribution in [3.8, 4) is 0 Å². The lowest BCUT2D eigenvalue weighted by molar-refractivity contribution is -0.142. The van der Waals surface area contributed by atoms with Gasteiger partial charge < -0.3 is 15.3 Å². The lowest BCUT2D eigenvalue weighted by Gasteiger charge is -2.04. The lowest BCUT2D eigenvalue weighted by Crippen LogP contribution is -2.07. The molecule has 1 amide bonds. The largest absolute Gasteiger partial charge is 0.479 e. The number of aliphatic carboxylic acids is 1. The summed E-state index contributed by atoms with van der Waals surface area (Å²) in [6.45, 7) is 2.66. The van der Waals surface area contributed by atoms with Crippen LogP contribution >= 0.6 is 0 Å². The van der Waals surface area contributed by atoms with Gasteiger partial charge in [0.25, 0.3) is 0 Å². The molecule has 0 aromatic heterocycles. The fourth-order valence-electron chi connectivity index (χ4n) is 1.24. The SMILES string of the molecule is CC(=O)Nc1ccc(/C(C)=N/OCC(=O)O)cc1. The van der Waals surface area contributed by atoms with E-state index in [1.807, 2.05) is 0 Å². The van der Waals surface area contributed by atoms with Crippen LogP contribution in [-0.4, -0.2) is 29.3 Å². The number of oxime groups is 1. The van der Waals surface area contributed by atoms with Crippen molar-refractivity contribution in [2.24, 2.45) is 5.16 Å². The standard InChI is InChI=1S/C12H14N2O4/c1-8(14-18-7-12(16)17)10-3-5-11(6-4-10)13-9(2)15/h3-6H,7H2,1-2H3,(H,13,15)(H,16,17)/b14-8+. The normalized spacial score (nSPS) is 10.9. The average Bonchev–Trinajstić information content (AvgIpc) is 2.28. The van der Waals surface area contributed by atoms with Crippen LogP contribution in [-0.2, 0) is 14.4 Å². The molecule has 0 saturated heterocycles. The number of hydrogen-bond donors (Lipinski definition) is 2. The molecule has 1 rings (SSSR count). The van der Waals surface area contributed by atoms with Crippen molar-refractivity contribution in [2.75, 3.05) is 11.9 Å². The Hall–Kier alpha value is -2.37. The third-order valence-corrected chi connectivity index (χ3v) is 2.01. The maximum atomic E-state index is 10.8. The second-order valence-electron chi connectivity index (χ2n) is 3.60. The van der Waals surface area contributed by atoms with Crippen LogP contribution in [0, 0.1) is 0 Å². The van der Waals surface area contributed by atoms with Crippen LogP contribution in [0.25, 0.3) is 0 Å². The van der Waals surface area contributed by atoms with Crippen LogP contribution in [0.15, 0.2) is 29.4 Å². The first-order valence-electron chi connectivity index (χ1n) is 5.25. The van der Waals surface area contributed by atoms with Crippen LogP contribution in [0.1, 0.15) is 19.4 Å². The van der Waals surface area contributed by atoms with E-state index in [0.29, 0.717) is 11.4 Å². The molecule has 1 aromatic rings. The van der Waals surface area contributed by atoms with Crippen LogP contribution < -0.4 is 5.32 Å². The Morgan fingerprint density at radius 2 is 1.89 bits per heavy atom. The minimum absolute atomic E-state index is 0.141. The molecule has 0 bridgehead atoms. The number of nitrogens with zero attached hydrogens (tertiary/aromatic N) is 1. The average molecular weight is 250 g/mol. The smallest absolute Gasteiger partial charge is 0.344 e. The molecule has 2 N–H and O–H groups in total. The Morgan fingerprint density at radius 1 is 1.28 bits per heavy atom. The summed E-state index contributed by atoms with van der Waals surface area (Å²) in [5.41, 5.74) is 2.03.